The summed E-state index contributed by atoms with van der Waals surface area (Å²) in [5.41, 5.74) is 0. The molecule has 0 aromatic carbocycles. The van der Waals surface area contributed by atoms with Gasteiger partial charge in [-0.05, 0) is 0 Å². The lowest BCUT2D eigenvalue weighted by Gasteiger charge is -1.48. The van der Waals surface area contributed by atoms with Crippen molar-refractivity contribution in [2.45, 2.75) is 178 Å². The van der Waals surface area contributed by atoms with Crippen molar-refractivity contribution in [2.24, 2.45) is 0 Å². The Morgan fingerprint density at radius 2 is 0.308 bits per heavy atom. The van der Waals surface area contributed by atoms with E-state index in [1.807, 2.05) is 138 Å². The zero-order valence-electron chi connectivity index (χ0n) is 24.8. The minimum Gasteiger partial charge on any atom is -0.0683 e. The SMILES string of the molecule is C1CC1.CC.CC.CC.CC.CC.CC.CC.CC.CC.CC.CCC. The van der Waals surface area contributed by atoms with Crippen LogP contribution in [0, 0.1) is 0 Å². The minimum atomic E-state index is 1.25. The summed E-state index contributed by atoms with van der Waals surface area (Å²) < 4.78 is 0. The van der Waals surface area contributed by atoms with E-state index >= 15 is 0 Å². The molecule has 0 heteroatoms. The molecule has 0 atom stereocenters. The lowest BCUT2D eigenvalue weighted by Crippen LogP contribution is -1.27. The maximum atomic E-state index is 2.12. The third-order valence-electron chi connectivity index (χ3n) is 0.354. The Balaban J connectivity index is -0.0000000106. The van der Waals surface area contributed by atoms with Crippen molar-refractivity contribution in [2.75, 3.05) is 0 Å². The molecule has 178 valence electrons. The molecule has 1 rings (SSSR count). The Bertz CT molecular complexity index is 11.2. The summed E-state index contributed by atoms with van der Waals surface area (Å²) >= 11 is 0. The number of hydrogen-bond donors (Lipinski definition) is 0. The fraction of sp³-hybridized carbons (Fsp3) is 1.00. The van der Waals surface area contributed by atoms with Crippen molar-refractivity contribution in [3.8, 4) is 0 Å². The van der Waals surface area contributed by atoms with Crippen molar-refractivity contribution in [1.82, 2.24) is 0 Å². The van der Waals surface area contributed by atoms with Gasteiger partial charge in [-0.25, -0.2) is 0 Å². The number of hydrogen-bond acceptors (Lipinski definition) is 0. The summed E-state index contributed by atoms with van der Waals surface area (Å²) in [6.07, 6.45) is 5.75. The van der Waals surface area contributed by atoms with E-state index in [4.69, 9.17) is 0 Å². The first-order valence-electron chi connectivity index (χ1n) is 12.9. The summed E-state index contributed by atoms with van der Waals surface area (Å²) in [6, 6.07) is 0. The molecule has 0 radical (unpaired) electrons. The molecular weight excluding hydrogens is 312 g/mol. The van der Waals surface area contributed by atoms with Crippen LogP contribution < -0.4 is 0 Å². The van der Waals surface area contributed by atoms with Gasteiger partial charge in [0.05, 0.1) is 0 Å². The Hall–Kier alpha value is 0. The van der Waals surface area contributed by atoms with Crippen molar-refractivity contribution < 1.29 is 0 Å². The molecule has 1 saturated carbocycles. The molecule has 0 unspecified atom stereocenters. The van der Waals surface area contributed by atoms with E-state index in [2.05, 4.69) is 13.8 Å². The van der Waals surface area contributed by atoms with Crippen molar-refractivity contribution >= 4 is 0 Å². The molecule has 0 aromatic rings. The molecule has 0 nitrogen and oxygen atoms in total. The maximum Gasteiger partial charge on any atom is -0.0533 e. The van der Waals surface area contributed by atoms with E-state index < -0.39 is 0 Å². The molecule has 0 heterocycles. The van der Waals surface area contributed by atoms with Crippen LogP contribution in [0.25, 0.3) is 0 Å². The van der Waals surface area contributed by atoms with Crippen molar-refractivity contribution in [1.29, 1.82) is 0 Å². The summed E-state index contributed by atoms with van der Waals surface area (Å²) in [5.74, 6) is 0. The highest BCUT2D eigenvalue weighted by Crippen LogP contribution is 2.14. The van der Waals surface area contributed by atoms with E-state index in [1.54, 1.807) is 0 Å². The average molecular weight is 387 g/mol. The monoisotopic (exact) mass is 387 g/mol. The second-order valence-corrected chi connectivity index (χ2v) is 1.77. The van der Waals surface area contributed by atoms with Gasteiger partial charge in [-0.2, -0.15) is 0 Å². The van der Waals surface area contributed by atoms with E-state index in [1.165, 1.54) is 25.7 Å². The molecule has 0 aliphatic heterocycles. The van der Waals surface area contributed by atoms with Crippen LogP contribution in [0.3, 0.4) is 0 Å². The van der Waals surface area contributed by atoms with Gasteiger partial charge in [-0.3, -0.25) is 0 Å². The predicted molar refractivity (Wildman–Crippen MR) is 143 cm³/mol. The van der Waals surface area contributed by atoms with Crippen LogP contribution >= 0.6 is 0 Å². The van der Waals surface area contributed by atoms with Crippen LogP contribution in [0.15, 0.2) is 0 Å². The second-order valence-electron chi connectivity index (χ2n) is 1.77. The fourth-order valence-electron chi connectivity index (χ4n) is 0. The summed E-state index contributed by atoms with van der Waals surface area (Å²) in [5, 5.41) is 0. The number of rotatable bonds is 0. The highest BCUT2D eigenvalue weighted by Gasteiger charge is 1.95. The average Bonchev–Trinajstić information content (AvgIpc) is 3.72. The van der Waals surface area contributed by atoms with Crippen LogP contribution in [0.1, 0.15) is 178 Å². The van der Waals surface area contributed by atoms with Gasteiger partial charge in [0.15, 0.2) is 0 Å². The normalized spacial score (nSPS) is 5.77. The van der Waals surface area contributed by atoms with Gasteiger partial charge in [0.1, 0.15) is 0 Å². The van der Waals surface area contributed by atoms with Gasteiger partial charge in [-0.1, -0.05) is 178 Å². The van der Waals surface area contributed by atoms with E-state index in [-0.39, 0.29) is 0 Å². The van der Waals surface area contributed by atoms with E-state index in [9.17, 15) is 0 Å². The summed E-state index contributed by atoms with van der Waals surface area (Å²) in [6.45, 7) is 44.2. The molecule has 1 aliphatic rings. The first-order chi connectivity index (χ1) is 12.9. The van der Waals surface area contributed by atoms with Crippen molar-refractivity contribution in [3.05, 3.63) is 0 Å². The molecule has 0 amide bonds. The zero-order chi connectivity index (χ0) is 24.8. The molecule has 0 bridgehead atoms. The van der Waals surface area contributed by atoms with Gasteiger partial charge in [0.2, 0.25) is 0 Å². The molecule has 0 saturated heterocycles. The molecule has 26 heavy (non-hydrogen) atoms. The Kier molecular flexibility index (Phi) is 2500. The molecule has 1 aliphatic carbocycles. The molecule has 1 fully saturated rings. The zero-order valence-corrected chi connectivity index (χ0v) is 24.8. The van der Waals surface area contributed by atoms with Crippen LogP contribution in [0.4, 0.5) is 0 Å². The Morgan fingerprint density at radius 3 is 0.308 bits per heavy atom. The standard InChI is InChI=1S/C3H6.C3H8.10C2H6/c1-2-3-1;1-3-2;10*1-2/h1-3H2;3H2,1-2H3;10*1-2H3. The van der Waals surface area contributed by atoms with Gasteiger partial charge < -0.3 is 0 Å². The van der Waals surface area contributed by atoms with Crippen LogP contribution in [-0.4, -0.2) is 0 Å². The quantitative estimate of drug-likeness (QED) is 0.388. The largest absolute Gasteiger partial charge is 0.0683 e. The molecule has 0 aromatic heterocycles. The lowest BCUT2D eigenvalue weighted by molar-refractivity contribution is 1.09. The first kappa shape index (κ1) is 72.2. The fourth-order valence-corrected chi connectivity index (χ4v) is 0. The van der Waals surface area contributed by atoms with Crippen LogP contribution in [0.5, 0.6) is 0 Å². The van der Waals surface area contributed by atoms with E-state index in [0.717, 1.165) is 0 Å². The topological polar surface area (TPSA) is 0 Å². The summed E-state index contributed by atoms with van der Waals surface area (Å²) in [4.78, 5) is 0. The van der Waals surface area contributed by atoms with Crippen molar-refractivity contribution in [3.63, 3.8) is 0 Å². The second kappa shape index (κ2) is 900. The van der Waals surface area contributed by atoms with Crippen LogP contribution in [-0.2, 0) is 0 Å². The smallest absolute Gasteiger partial charge is 0.0533 e. The highest BCUT2D eigenvalue weighted by atomic mass is 14.0. The molecule has 0 N–H and O–H groups in total. The highest BCUT2D eigenvalue weighted by molar-refractivity contribution is 4.50. The third kappa shape index (κ3) is 12700. The van der Waals surface area contributed by atoms with Gasteiger partial charge in [-0.15, -0.1) is 0 Å². The van der Waals surface area contributed by atoms with Crippen LogP contribution in [0.2, 0.25) is 0 Å². The minimum absolute atomic E-state index is 1.25. The third-order valence-corrected chi connectivity index (χ3v) is 0.354. The maximum absolute atomic E-state index is 2.12. The molecule has 0 spiro atoms. The van der Waals surface area contributed by atoms with Gasteiger partial charge >= 0.3 is 0 Å². The first-order valence-corrected chi connectivity index (χ1v) is 12.9. The van der Waals surface area contributed by atoms with E-state index in [0.29, 0.717) is 0 Å². The Labute approximate surface area is 178 Å². The predicted octanol–water partition coefficient (Wildman–Crippen LogP) is 12.8. The van der Waals surface area contributed by atoms with Gasteiger partial charge in [0, 0.05) is 0 Å². The lowest BCUT2D eigenvalue weighted by atomic mass is 10.6. The van der Waals surface area contributed by atoms with Gasteiger partial charge in [0.25, 0.3) is 0 Å². The summed E-state index contributed by atoms with van der Waals surface area (Å²) in [7, 11) is 0. The molecular formula is C26H74. The Morgan fingerprint density at radius 1 is 0.269 bits per heavy atom.